The van der Waals surface area contributed by atoms with Crippen LogP contribution < -0.4 is 0 Å². The lowest BCUT2D eigenvalue weighted by Crippen LogP contribution is -1.83. The van der Waals surface area contributed by atoms with Crippen molar-refractivity contribution in [3.63, 3.8) is 0 Å². The van der Waals surface area contributed by atoms with Crippen molar-refractivity contribution in [2.75, 3.05) is 0 Å². The molecule has 0 heterocycles. The van der Waals surface area contributed by atoms with Crippen molar-refractivity contribution in [1.82, 2.24) is 0 Å². The standard InChI is InChI=1S/C20H15Br/c1-13-5-7-14(8-6-13)15-9-10-16-12-19-17(18(16)11-15)3-2-4-20(19)21/h2-11H,12H2,1H3. The molecule has 0 saturated carbocycles. The van der Waals surface area contributed by atoms with Gasteiger partial charge in [-0.15, -0.1) is 0 Å². The molecular weight excluding hydrogens is 320 g/mol. The first-order valence-corrected chi connectivity index (χ1v) is 7.99. The van der Waals surface area contributed by atoms with Crippen molar-refractivity contribution in [2.45, 2.75) is 13.3 Å². The quantitative estimate of drug-likeness (QED) is 0.400. The number of rotatable bonds is 1. The van der Waals surface area contributed by atoms with E-state index in [-0.39, 0.29) is 0 Å². The summed E-state index contributed by atoms with van der Waals surface area (Å²) >= 11 is 3.68. The van der Waals surface area contributed by atoms with Gasteiger partial charge in [-0.05, 0) is 58.9 Å². The molecule has 3 aromatic rings. The SMILES string of the molecule is Cc1ccc(-c2ccc3c(c2)-c2cccc(Br)c2C3)cc1. The largest absolute Gasteiger partial charge is 0.0605 e. The zero-order valence-electron chi connectivity index (χ0n) is 11.9. The van der Waals surface area contributed by atoms with Crippen LogP contribution in [-0.2, 0) is 6.42 Å². The summed E-state index contributed by atoms with van der Waals surface area (Å²) in [5.74, 6) is 0. The molecule has 0 nitrogen and oxygen atoms in total. The maximum atomic E-state index is 3.68. The summed E-state index contributed by atoms with van der Waals surface area (Å²) in [4.78, 5) is 0. The van der Waals surface area contributed by atoms with Crippen LogP contribution in [0.1, 0.15) is 16.7 Å². The maximum Gasteiger partial charge on any atom is 0.0216 e. The van der Waals surface area contributed by atoms with E-state index in [1.165, 1.54) is 43.4 Å². The van der Waals surface area contributed by atoms with E-state index in [9.17, 15) is 0 Å². The fraction of sp³-hybridized carbons (Fsp3) is 0.100. The molecule has 0 atom stereocenters. The molecule has 1 heteroatoms. The Morgan fingerprint density at radius 1 is 0.810 bits per heavy atom. The van der Waals surface area contributed by atoms with Crippen molar-refractivity contribution >= 4 is 15.9 Å². The zero-order valence-corrected chi connectivity index (χ0v) is 13.4. The zero-order chi connectivity index (χ0) is 14.4. The number of hydrogen-bond acceptors (Lipinski definition) is 0. The summed E-state index contributed by atoms with van der Waals surface area (Å²) in [6.45, 7) is 2.13. The number of benzene rings is 3. The molecule has 0 N–H and O–H groups in total. The summed E-state index contributed by atoms with van der Waals surface area (Å²) < 4.78 is 1.22. The Morgan fingerprint density at radius 3 is 2.38 bits per heavy atom. The van der Waals surface area contributed by atoms with Crippen LogP contribution in [0.3, 0.4) is 0 Å². The van der Waals surface area contributed by atoms with Gasteiger partial charge in [0.15, 0.2) is 0 Å². The molecule has 102 valence electrons. The lowest BCUT2D eigenvalue weighted by Gasteiger charge is -2.07. The van der Waals surface area contributed by atoms with E-state index in [0.717, 1.165) is 6.42 Å². The van der Waals surface area contributed by atoms with Crippen LogP contribution in [0.5, 0.6) is 0 Å². The van der Waals surface area contributed by atoms with Crippen LogP contribution in [0.25, 0.3) is 22.3 Å². The summed E-state index contributed by atoms with van der Waals surface area (Å²) in [7, 11) is 0. The Bertz CT molecular complexity index is 829. The number of halogens is 1. The Balaban J connectivity index is 1.86. The highest BCUT2D eigenvalue weighted by Crippen LogP contribution is 2.41. The van der Waals surface area contributed by atoms with Crippen LogP contribution in [0.2, 0.25) is 0 Å². The first-order valence-electron chi connectivity index (χ1n) is 7.20. The van der Waals surface area contributed by atoms with E-state index < -0.39 is 0 Å². The molecule has 1 aliphatic rings. The van der Waals surface area contributed by atoms with Crippen molar-refractivity contribution in [1.29, 1.82) is 0 Å². The Kier molecular flexibility index (Phi) is 2.97. The van der Waals surface area contributed by atoms with Crippen molar-refractivity contribution in [2.24, 2.45) is 0 Å². The van der Waals surface area contributed by atoms with Gasteiger partial charge in [0.25, 0.3) is 0 Å². The molecule has 0 aliphatic heterocycles. The third-order valence-corrected chi connectivity index (χ3v) is 5.01. The van der Waals surface area contributed by atoms with E-state index >= 15 is 0 Å². The third kappa shape index (κ3) is 2.13. The highest BCUT2D eigenvalue weighted by molar-refractivity contribution is 9.10. The van der Waals surface area contributed by atoms with Crippen molar-refractivity contribution in [3.05, 3.63) is 81.8 Å². The minimum absolute atomic E-state index is 1.03. The van der Waals surface area contributed by atoms with E-state index in [1.54, 1.807) is 0 Å². The summed E-state index contributed by atoms with van der Waals surface area (Å²) in [6.07, 6.45) is 1.03. The maximum absolute atomic E-state index is 3.68. The van der Waals surface area contributed by atoms with Gasteiger partial charge in [-0.25, -0.2) is 0 Å². The second kappa shape index (κ2) is 4.85. The second-order valence-corrected chi connectivity index (χ2v) is 6.54. The van der Waals surface area contributed by atoms with Gasteiger partial charge in [-0.3, -0.25) is 0 Å². The van der Waals surface area contributed by atoms with Gasteiger partial charge < -0.3 is 0 Å². The van der Waals surface area contributed by atoms with Gasteiger partial charge in [0, 0.05) is 4.47 Å². The Morgan fingerprint density at radius 2 is 1.57 bits per heavy atom. The summed E-state index contributed by atoms with van der Waals surface area (Å²) in [6, 6.07) is 22.1. The van der Waals surface area contributed by atoms with Crippen LogP contribution in [0, 0.1) is 6.92 Å². The normalized spacial score (nSPS) is 12.1. The van der Waals surface area contributed by atoms with Crippen LogP contribution >= 0.6 is 15.9 Å². The first-order chi connectivity index (χ1) is 10.2. The minimum atomic E-state index is 1.03. The highest BCUT2D eigenvalue weighted by atomic mass is 79.9. The fourth-order valence-electron chi connectivity index (χ4n) is 3.09. The topological polar surface area (TPSA) is 0 Å². The van der Waals surface area contributed by atoms with Gasteiger partial charge in [0.1, 0.15) is 0 Å². The number of hydrogen-bond donors (Lipinski definition) is 0. The van der Waals surface area contributed by atoms with Crippen molar-refractivity contribution < 1.29 is 0 Å². The van der Waals surface area contributed by atoms with Crippen LogP contribution in [0.15, 0.2) is 65.1 Å². The molecule has 0 bridgehead atoms. The number of fused-ring (bicyclic) bond motifs is 3. The van der Waals surface area contributed by atoms with Gasteiger partial charge >= 0.3 is 0 Å². The molecular formula is C20H15Br. The molecule has 0 radical (unpaired) electrons. The van der Waals surface area contributed by atoms with Gasteiger partial charge in [-0.1, -0.05) is 70.0 Å². The summed E-state index contributed by atoms with van der Waals surface area (Å²) in [5.41, 5.74) is 9.46. The number of aryl methyl sites for hydroxylation is 1. The van der Waals surface area contributed by atoms with E-state index in [0.29, 0.717) is 0 Å². The Labute approximate surface area is 133 Å². The Hall–Kier alpha value is -1.86. The first kappa shape index (κ1) is 12.8. The minimum Gasteiger partial charge on any atom is -0.0605 e. The van der Waals surface area contributed by atoms with Crippen LogP contribution in [0.4, 0.5) is 0 Å². The molecule has 1 aliphatic carbocycles. The summed E-state index contributed by atoms with van der Waals surface area (Å²) in [5, 5.41) is 0. The van der Waals surface area contributed by atoms with Crippen molar-refractivity contribution in [3.8, 4) is 22.3 Å². The van der Waals surface area contributed by atoms with E-state index in [1.807, 2.05) is 0 Å². The van der Waals surface area contributed by atoms with Gasteiger partial charge in [-0.2, -0.15) is 0 Å². The van der Waals surface area contributed by atoms with E-state index in [4.69, 9.17) is 0 Å². The van der Waals surface area contributed by atoms with E-state index in [2.05, 4.69) is 83.5 Å². The molecule has 0 fully saturated rings. The average Bonchev–Trinajstić information content (AvgIpc) is 2.87. The molecule has 3 aromatic carbocycles. The highest BCUT2D eigenvalue weighted by Gasteiger charge is 2.20. The molecule has 21 heavy (non-hydrogen) atoms. The molecule has 0 saturated heterocycles. The molecule has 0 aromatic heterocycles. The predicted octanol–water partition coefficient (Wildman–Crippen LogP) is 6.00. The van der Waals surface area contributed by atoms with Gasteiger partial charge in [0.2, 0.25) is 0 Å². The average molecular weight is 335 g/mol. The lowest BCUT2D eigenvalue weighted by molar-refractivity contribution is 1.25. The van der Waals surface area contributed by atoms with Gasteiger partial charge in [0.05, 0.1) is 0 Å². The lowest BCUT2D eigenvalue weighted by atomic mass is 9.98. The molecule has 0 spiro atoms. The molecule has 4 rings (SSSR count). The predicted molar refractivity (Wildman–Crippen MR) is 92.6 cm³/mol. The molecule has 0 unspecified atom stereocenters. The second-order valence-electron chi connectivity index (χ2n) is 5.68. The van der Waals surface area contributed by atoms with Crippen LogP contribution in [-0.4, -0.2) is 0 Å². The fourth-order valence-corrected chi connectivity index (χ4v) is 3.59. The molecule has 0 amide bonds. The monoisotopic (exact) mass is 334 g/mol. The third-order valence-electron chi connectivity index (χ3n) is 4.27. The smallest absolute Gasteiger partial charge is 0.0216 e.